The van der Waals surface area contributed by atoms with E-state index in [9.17, 15) is 14.0 Å². The molecule has 1 fully saturated rings. The monoisotopic (exact) mass is 433 g/mol. The molecule has 6 nitrogen and oxygen atoms in total. The first-order chi connectivity index (χ1) is 13.9. The fraction of sp³-hybridized carbons (Fsp3) is 0.250. The van der Waals surface area contributed by atoms with Gasteiger partial charge in [-0.25, -0.2) is 9.37 Å². The van der Waals surface area contributed by atoms with E-state index in [1.807, 2.05) is 17.5 Å². The third-order valence-electron chi connectivity index (χ3n) is 4.75. The van der Waals surface area contributed by atoms with Crippen molar-refractivity contribution in [1.29, 1.82) is 0 Å². The van der Waals surface area contributed by atoms with Crippen LogP contribution in [0.4, 0.5) is 4.39 Å². The Morgan fingerprint density at radius 1 is 1.14 bits per heavy atom. The number of benzene rings is 1. The summed E-state index contributed by atoms with van der Waals surface area (Å²) in [7, 11) is 0. The van der Waals surface area contributed by atoms with E-state index < -0.39 is 5.82 Å². The molecule has 4 rings (SSSR count). The second-order valence-electron chi connectivity index (χ2n) is 6.61. The highest BCUT2D eigenvalue weighted by atomic mass is 35.5. The van der Waals surface area contributed by atoms with E-state index in [2.05, 4.69) is 4.98 Å². The van der Waals surface area contributed by atoms with Gasteiger partial charge in [-0.05, 0) is 36.6 Å². The lowest BCUT2D eigenvalue weighted by Gasteiger charge is -2.34. The van der Waals surface area contributed by atoms with Crippen LogP contribution >= 0.6 is 22.9 Å². The number of hydrogen-bond donors (Lipinski definition) is 0. The van der Waals surface area contributed by atoms with E-state index in [4.69, 9.17) is 16.0 Å². The molecule has 0 radical (unpaired) electrons. The van der Waals surface area contributed by atoms with Crippen molar-refractivity contribution in [3.8, 4) is 10.8 Å². The highest BCUT2D eigenvalue weighted by molar-refractivity contribution is 7.13. The van der Waals surface area contributed by atoms with Gasteiger partial charge in [0.1, 0.15) is 11.6 Å². The summed E-state index contributed by atoms with van der Waals surface area (Å²) >= 11 is 7.48. The smallest absolute Gasteiger partial charge is 0.276 e. The molecule has 2 amide bonds. The zero-order valence-corrected chi connectivity index (χ0v) is 17.1. The van der Waals surface area contributed by atoms with Crippen molar-refractivity contribution >= 4 is 34.8 Å². The standard InChI is InChI=1S/C20H17ClFN3O3S/c1-12-17(23-18(28-12)16-3-2-10-29-16)20(27)25-8-6-24(7-9-25)19(26)14-5-4-13(22)11-15(14)21/h2-5,10-11H,6-9H2,1H3. The van der Waals surface area contributed by atoms with Crippen LogP contribution in [0.5, 0.6) is 0 Å². The Balaban J connectivity index is 1.43. The van der Waals surface area contributed by atoms with Gasteiger partial charge < -0.3 is 14.2 Å². The van der Waals surface area contributed by atoms with Gasteiger partial charge in [-0.3, -0.25) is 9.59 Å². The number of carbonyl (C=O) groups is 2. The number of aromatic nitrogens is 1. The summed E-state index contributed by atoms with van der Waals surface area (Å²) in [5, 5.41) is 1.99. The van der Waals surface area contributed by atoms with E-state index in [0.29, 0.717) is 37.8 Å². The zero-order valence-electron chi connectivity index (χ0n) is 15.5. The number of hydrogen-bond acceptors (Lipinski definition) is 5. The number of aryl methyl sites for hydroxylation is 1. The van der Waals surface area contributed by atoms with E-state index in [1.54, 1.807) is 16.7 Å². The van der Waals surface area contributed by atoms with Crippen LogP contribution in [0.25, 0.3) is 10.8 Å². The molecular weight excluding hydrogens is 417 g/mol. The number of nitrogens with zero attached hydrogens (tertiary/aromatic N) is 3. The van der Waals surface area contributed by atoms with Crippen LogP contribution in [-0.4, -0.2) is 52.8 Å². The molecule has 9 heteroatoms. The van der Waals surface area contributed by atoms with E-state index in [1.165, 1.54) is 23.5 Å². The SMILES string of the molecule is Cc1oc(-c2cccs2)nc1C(=O)N1CCN(C(=O)c2ccc(F)cc2Cl)CC1. The third kappa shape index (κ3) is 3.90. The minimum Gasteiger partial charge on any atom is -0.440 e. The normalized spacial score (nSPS) is 14.3. The summed E-state index contributed by atoms with van der Waals surface area (Å²) in [6.07, 6.45) is 0. The summed E-state index contributed by atoms with van der Waals surface area (Å²) in [4.78, 5) is 34.0. The second-order valence-corrected chi connectivity index (χ2v) is 7.96. The van der Waals surface area contributed by atoms with Crippen molar-refractivity contribution in [2.75, 3.05) is 26.2 Å². The van der Waals surface area contributed by atoms with Gasteiger partial charge in [-0.1, -0.05) is 17.7 Å². The molecule has 0 atom stereocenters. The average Bonchev–Trinajstić information content (AvgIpc) is 3.37. The molecule has 0 aliphatic carbocycles. The van der Waals surface area contributed by atoms with Crippen LogP contribution in [0.3, 0.4) is 0 Å². The van der Waals surface area contributed by atoms with Gasteiger partial charge in [-0.15, -0.1) is 11.3 Å². The second kappa shape index (κ2) is 7.96. The van der Waals surface area contributed by atoms with Gasteiger partial charge >= 0.3 is 0 Å². The molecular formula is C20H17ClFN3O3S. The number of piperazine rings is 1. The summed E-state index contributed by atoms with van der Waals surface area (Å²) in [6.45, 7) is 3.15. The van der Waals surface area contributed by atoms with Crippen molar-refractivity contribution in [2.45, 2.75) is 6.92 Å². The molecule has 0 N–H and O–H groups in total. The Morgan fingerprint density at radius 3 is 2.45 bits per heavy atom. The molecule has 3 heterocycles. The molecule has 1 saturated heterocycles. The maximum absolute atomic E-state index is 13.2. The van der Waals surface area contributed by atoms with Crippen LogP contribution in [0, 0.1) is 12.7 Å². The van der Waals surface area contributed by atoms with Crippen molar-refractivity contribution in [1.82, 2.24) is 14.8 Å². The Kier molecular flexibility index (Phi) is 5.38. The zero-order chi connectivity index (χ0) is 20.5. The molecule has 3 aromatic rings. The summed E-state index contributed by atoms with van der Waals surface area (Å²) in [5.41, 5.74) is 0.538. The Bertz CT molecular complexity index is 1060. The van der Waals surface area contributed by atoms with Crippen molar-refractivity contribution in [3.05, 3.63) is 63.6 Å². The Hall–Kier alpha value is -2.71. The molecule has 1 aliphatic heterocycles. The maximum Gasteiger partial charge on any atom is 0.276 e. The highest BCUT2D eigenvalue weighted by Gasteiger charge is 2.29. The van der Waals surface area contributed by atoms with Crippen LogP contribution in [0.2, 0.25) is 5.02 Å². The van der Waals surface area contributed by atoms with Gasteiger partial charge in [0.15, 0.2) is 5.69 Å². The van der Waals surface area contributed by atoms with Crippen molar-refractivity contribution in [3.63, 3.8) is 0 Å². The molecule has 150 valence electrons. The number of oxazole rings is 1. The van der Waals surface area contributed by atoms with Crippen LogP contribution in [0.15, 0.2) is 40.1 Å². The number of thiophene rings is 1. The predicted molar refractivity (Wildman–Crippen MR) is 108 cm³/mol. The Morgan fingerprint density at radius 2 is 1.83 bits per heavy atom. The first kappa shape index (κ1) is 19.6. The molecule has 29 heavy (non-hydrogen) atoms. The fourth-order valence-corrected chi connectivity index (χ4v) is 4.09. The van der Waals surface area contributed by atoms with Gasteiger partial charge in [0.25, 0.3) is 11.8 Å². The van der Waals surface area contributed by atoms with Gasteiger partial charge in [0, 0.05) is 26.2 Å². The van der Waals surface area contributed by atoms with Gasteiger partial charge in [0.2, 0.25) is 5.89 Å². The number of amides is 2. The van der Waals surface area contributed by atoms with Gasteiger partial charge in [0.05, 0.1) is 15.5 Å². The topological polar surface area (TPSA) is 66.7 Å². The molecule has 0 spiro atoms. The molecule has 2 aromatic heterocycles. The summed E-state index contributed by atoms with van der Waals surface area (Å²) < 4.78 is 18.9. The van der Waals surface area contributed by atoms with E-state index in [0.717, 1.165) is 10.9 Å². The number of rotatable bonds is 3. The van der Waals surface area contributed by atoms with Crippen molar-refractivity contribution in [2.24, 2.45) is 0 Å². The highest BCUT2D eigenvalue weighted by Crippen LogP contribution is 2.27. The molecule has 1 aromatic carbocycles. The third-order valence-corrected chi connectivity index (χ3v) is 5.92. The molecule has 0 unspecified atom stereocenters. The largest absolute Gasteiger partial charge is 0.440 e. The van der Waals surface area contributed by atoms with E-state index in [-0.39, 0.29) is 28.1 Å². The van der Waals surface area contributed by atoms with Crippen LogP contribution in [0.1, 0.15) is 26.6 Å². The minimum absolute atomic E-state index is 0.0767. The molecule has 0 bridgehead atoms. The average molecular weight is 434 g/mol. The Labute approximate surface area is 175 Å². The lowest BCUT2D eigenvalue weighted by atomic mass is 10.1. The maximum atomic E-state index is 13.2. The first-order valence-corrected chi connectivity index (χ1v) is 10.2. The number of carbonyl (C=O) groups excluding carboxylic acids is 2. The quantitative estimate of drug-likeness (QED) is 0.623. The predicted octanol–water partition coefficient (Wildman–Crippen LogP) is 4.10. The molecule has 1 aliphatic rings. The number of halogens is 2. The summed E-state index contributed by atoms with van der Waals surface area (Å²) in [6, 6.07) is 7.48. The van der Waals surface area contributed by atoms with Crippen LogP contribution < -0.4 is 0 Å². The van der Waals surface area contributed by atoms with Crippen molar-refractivity contribution < 1.29 is 18.4 Å². The van der Waals surface area contributed by atoms with Gasteiger partial charge in [-0.2, -0.15) is 0 Å². The van der Waals surface area contributed by atoms with E-state index >= 15 is 0 Å². The minimum atomic E-state index is -0.494. The van der Waals surface area contributed by atoms with Crippen LogP contribution in [-0.2, 0) is 0 Å². The first-order valence-electron chi connectivity index (χ1n) is 8.99. The lowest BCUT2D eigenvalue weighted by molar-refractivity contribution is 0.0531. The fourth-order valence-electron chi connectivity index (χ4n) is 3.20. The summed E-state index contributed by atoms with van der Waals surface area (Å²) in [5.74, 6) is -0.0943. The lowest BCUT2D eigenvalue weighted by Crippen LogP contribution is -2.50. The molecule has 0 saturated carbocycles.